The van der Waals surface area contributed by atoms with Crippen molar-refractivity contribution in [2.75, 3.05) is 18.1 Å². The van der Waals surface area contributed by atoms with E-state index in [1.54, 1.807) is 42.5 Å². The number of carbonyl (C=O) groups excluding carboxylic acids is 1. The molecular weight excluding hydrogens is 393 g/mol. The number of rotatable bonds is 6. The molecule has 0 spiro atoms. The number of hydrogen-bond donors (Lipinski definition) is 0. The first-order valence-corrected chi connectivity index (χ1v) is 10.7. The van der Waals surface area contributed by atoms with Crippen LogP contribution in [0, 0.1) is 5.82 Å². The zero-order valence-corrected chi connectivity index (χ0v) is 16.0. The van der Waals surface area contributed by atoms with Gasteiger partial charge in [0, 0.05) is 18.2 Å². The van der Waals surface area contributed by atoms with Crippen LogP contribution in [-0.2, 0) is 21.2 Å². The molecule has 5 nitrogen and oxygen atoms in total. The van der Waals surface area contributed by atoms with E-state index < -0.39 is 27.6 Å². The van der Waals surface area contributed by atoms with Crippen LogP contribution in [0.25, 0.3) is 0 Å². The van der Waals surface area contributed by atoms with Crippen LogP contribution in [0.5, 0.6) is 5.75 Å². The second-order valence-corrected chi connectivity index (χ2v) is 9.02. The average Bonchev–Trinajstić information content (AvgIpc) is 2.99. The number of ether oxygens (including phenoxy) is 1. The van der Waals surface area contributed by atoms with Gasteiger partial charge < -0.3 is 9.64 Å². The Labute approximate surface area is 162 Å². The summed E-state index contributed by atoms with van der Waals surface area (Å²) >= 11 is 6.02. The normalized spacial score (nSPS) is 18.2. The number of hydrogen-bond acceptors (Lipinski definition) is 4. The van der Waals surface area contributed by atoms with E-state index in [0.29, 0.717) is 22.8 Å². The second kappa shape index (κ2) is 8.27. The first-order chi connectivity index (χ1) is 12.9. The maximum absolute atomic E-state index is 14.1. The third-order valence-corrected chi connectivity index (χ3v) is 6.52. The van der Waals surface area contributed by atoms with Crippen LogP contribution >= 0.6 is 11.6 Å². The van der Waals surface area contributed by atoms with Crippen molar-refractivity contribution in [2.45, 2.75) is 19.0 Å². The van der Waals surface area contributed by atoms with Crippen LogP contribution in [-0.4, -0.2) is 43.4 Å². The van der Waals surface area contributed by atoms with Gasteiger partial charge in [0.2, 0.25) is 0 Å². The molecule has 0 aliphatic carbocycles. The van der Waals surface area contributed by atoms with Gasteiger partial charge in [-0.05, 0) is 24.6 Å². The Hall–Kier alpha value is -2.12. The van der Waals surface area contributed by atoms with Crippen LogP contribution in [0.1, 0.15) is 12.0 Å². The van der Waals surface area contributed by atoms with Crippen molar-refractivity contribution >= 4 is 27.3 Å². The molecule has 1 unspecified atom stereocenters. The molecule has 8 heteroatoms. The Balaban J connectivity index is 1.77. The number of carbonyl (C=O) groups is 1. The molecule has 0 aromatic heterocycles. The molecule has 0 saturated carbocycles. The van der Waals surface area contributed by atoms with Crippen LogP contribution in [0.3, 0.4) is 0 Å². The van der Waals surface area contributed by atoms with Gasteiger partial charge >= 0.3 is 0 Å². The van der Waals surface area contributed by atoms with E-state index in [4.69, 9.17) is 16.3 Å². The summed E-state index contributed by atoms with van der Waals surface area (Å²) in [6.45, 7) is -0.327. The fourth-order valence-corrected chi connectivity index (χ4v) is 4.96. The van der Waals surface area contributed by atoms with Crippen LogP contribution in [0.2, 0.25) is 5.02 Å². The van der Waals surface area contributed by atoms with E-state index in [2.05, 4.69) is 0 Å². The molecule has 2 aromatic carbocycles. The van der Waals surface area contributed by atoms with E-state index in [1.807, 2.05) is 0 Å². The molecule has 1 atom stereocenters. The maximum atomic E-state index is 14.1. The lowest BCUT2D eigenvalue weighted by Gasteiger charge is -2.28. The number of halogens is 2. The van der Waals surface area contributed by atoms with Crippen molar-refractivity contribution in [3.8, 4) is 5.75 Å². The second-order valence-electron chi connectivity index (χ2n) is 6.39. The first kappa shape index (κ1) is 19.6. The average molecular weight is 412 g/mol. The lowest BCUT2D eigenvalue weighted by atomic mass is 10.1. The third kappa shape index (κ3) is 4.99. The molecule has 2 aromatic rings. The van der Waals surface area contributed by atoms with Crippen molar-refractivity contribution in [1.82, 2.24) is 4.90 Å². The van der Waals surface area contributed by atoms with Crippen molar-refractivity contribution in [2.24, 2.45) is 0 Å². The van der Waals surface area contributed by atoms with Gasteiger partial charge in [0.15, 0.2) is 16.4 Å². The Bertz CT molecular complexity index is 935. The highest BCUT2D eigenvalue weighted by molar-refractivity contribution is 7.91. The molecule has 1 aliphatic rings. The molecule has 0 N–H and O–H groups in total. The summed E-state index contributed by atoms with van der Waals surface area (Å²) in [5, 5.41) is 0.370. The van der Waals surface area contributed by atoms with Gasteiger partial charge in [0.1, 0.15) is 11.6 Å². The highest BCUT2D eigenvalue weighted by atomic mass is 35.5. The lowest BCUT2D eigenvalue weighted by Crippen LogP contribution is -2.43. The molecule has 1 saturated heterocycles. The SMILES string of the molecule is O=C(COc1ccccc1Cl)N(Cc1ccccc1F)C1CCS(=O)(=O)C1. The van der Waals surface area contributed by atoms with Crippen molar-refractivity contribution in [3.05, 3.63) is 64.9 Å². The zero-order chi connectivity index (χ0) is 19.4. The van der Waals surface area contributed by atoms with Crippen molar-refractivity contribution in [1.29, 1.82) is 0 Å². The Morgan fingerprint density at radius 1 is 1.19 bits per heavy atom. The third-order valence-electron chi connectivity index (χ3n) is 4.46. The first-order valence-electron chi connectivity index (χ1n) is 8.46. The van der Waals surface area contributed by atoms with Gasteiger partial charge in [-0.25, -0.2) is 12.8 Å². The summed E-state index contributed by atoms with van der Waals surface area (Å²) in [4.78, 5) is 14.2. The molecule has 0 bridgehead atoms. The quantitative estimate of drug-likeness (QED) is 0.732. The monoisotopic (exact) mass is 411 g/mol. The predicted molar refractivity (Wildman–Crippen MR) is 101 cm³/mol. The van der Waals surface area contributed by atoms with Crippen LogP contribution in [0.4, 0.5) is 4.39 Å². The van der Waals surface area contributed by atoms with Crippen molar-refractivity contribution < 1.29 is 22.3 Å². The highest BCUT2D eigenvalue weighted by Gasteiger charge is 2.35. The molecule has 1 aliphatic heterocycles. The molecule has 27 heavy (non-hydrogen) atoms. The van der Waals surface area contributed by atoms with Gasteiger partial charge in [0.05, 0.1) is 16.5 Å². The molecule has 144 valence electrons. The highest BCUT2D eigenvalue weighted by Crippen LogP contribution is 2.24. The van der Waals surface area contributed by atoms with Crippen LogP contribution in [0.15, 0.2) is 48.5 Å². The topological polar surface area (TPSA) is 63.7 Å². The molecule has 0 radical (unpaired) electrons. The van der Waals surface area contributed by atoms with E-state index in [-0.39, 0.29) is 24.7 Å². The fourth-order valence-electron chi connectivity index (χ4n) is 3.04. The minimum absolute atomic E-state index is 0.0163. The maximum Gasteiger partial charge on any atom is 0.261 e. The fraction of sp³-hybridized carbons (Fsp3) is 0.316. The summed E-state index contributed by atoms with van der Waals surface area (Å²) in [6.07, 6.45) is 0.328. The molecule has 1 amide bonds. The van der Waals surface area contributed by atoms with Crippen molar-refractivity contribution in [3.63, 3.8) is 0 Å². The van der Waals surface area contributed by atoms with E-state index in [9.17, 15) is 17.6 Å². The Morgan fingerprint density at radius 2 is 1.89 bits per heavy atom. The Morgan fingerprint density at radius 3 is 2.56 bits per heavy atom. The number of nitrogens with zero attached hydrogens (tertiary/aromatic N) is 1. The van der Waals surface area contributed by atoms with E-state index in [0.717, 1.165) is 0 Å². The van der Waals surface area contributed by atoms with Gasteiger partial charge in [-0.15, -0.1) is 0 Å². The smallest absolute Gasteiger partial charge is 0.261 e. The summed E-state index contributed by atoms with van der Waals surface area (Å²) in [5.41, 5.74) is 0.327. The standard InChI is InChI=1S/C19H19ClFNO4S/c20-16-6-2-4-8-18(16)26-12-19(23)22(15-9-10-27(24,25)13-15)11-14-5-1-3-7-17(14)21/h1-8,15H,9-13H2. The van der Waals surface area contributed by atoms with E-state index in [1.165, 1.54) is 11.0 Å². The minimum Gasteiger partial charge on any atom is -0.482 e. The number of para-hydroxylation sites is 1. The van der Waals surface area contributed by atoms with Gasteiger partial charge in [-0.3, -0.25) is 4.79 Å². The lowest BCUT2D eigenvalue weighted by molar-refractivity contribution is -0.136. The van der Waals surface area contributed by atoms with Gasteiger partial charge in [-0.2, -0.15) is 0 Å². The summed E-state index contributed by atoms with van der Waals surface area (Å²) < 4.78 is 43.2. The van der Waals surface area contributed by atoms with Crippen LogP contribution < -0.4 is 4.74 Å². The molecular formula is C19H19ClFNO4S. The predicted octanol–water partition coefficient (Wildman–Crippen LogP) is 3.07. The zero-order valence-electron chi connectivity index (χ0n) is 14.5. The van der Waals surface area contributed by atoms with Gasteiger partial charge in [0.25, 0.3) is 5.91 Å². The molecule has 1 fully saturated rings. The van der Waals surface area contributed by atoms with Gasteiger partial charge in [-0.1, -0.05) is 41.9 Å². The number of amides is 1. The summed E-state index contributed by atoms with van der Waals surface area (Å²) in [5.74, 6) is -0.607. The largest absolute Gasteiger partial charge is 0.482 e. The Kier molecular flexibility index (Phi) is 6.01. The molecule has 3 rings (SSSR count). The number of sulfone groups is 1. The summed E-state index contributed by atoms with van der Waals surface area (Å²) in [7, 11) is -3.20. The summed E-state index contributed by atoms with van der Waals surface area (Å²) in [6, 6.07) is 12.4. The molecule has 1 heterocycles. The van der Waals surface area contributed by atoms with E-state index >= 15 is 0 Å². The number of benzene rings is 2. The minimum atomic E-state index is -3.20.